The summed E-state index contributed by atoms with van der Waals surface area (Å²) >= 11 is 0. The van der Waals surface area contributed by atoms with Crippen molar-refractivity contribution in [1.29, 1.82) is 0 Å². The molecule has 21 heavy (non-hydrogen) atoms. The van der Waals surface area contributed by atoms with Crippen LogP contribution in [0.5, 0.6) is 17.2 Å². The Morgan fingerprint density at radius 2 is 1.52 bits per heavy atom. The van der Waals surface area contributed by atoms with Crippen LogP contribution in [0.25, 0.3) is 0 Å². The Kier molecular flexibility index (Phi) is 4.43. The van der Waals surface area contributed by atoms with Gasteiger partial charge >= 0.3 is 0 Å². The molecule has 0 saturated carbocycles. The average Bonchev–Trinajstić information content (AvgIpc) is 2.83. The first-order valence-corrected chi connectivity index (χ1v) is 6.64. The van der Waals surface area contributed by atoms with E-state index in [0.717, 1.165) is 22.6 Å². The summed E-state index contributed by atoms with van der Waals surface area (Å²) in [6.45, 7) is 3.80. The molecule has 1 unspecified atom stereocenters. The van der Waals surface area contributed by atoms with E-state index in [-0.39, 0.29) is 6.04 Å². The smallest absolute Gasteiger partial charge is 0.203 e. The summed E-state index contributed by atoms with van der Waals surface area (Å²) in [6.07, 6.45) is 0. The van der Waals surface area contributed by atoms with Crippen LogP contribution in [0, 0.1) is 13.8 Å². The molecule has 5 heteroatoms. The Labute approximate surface area is 124 Å². The molecule has 0 saturated heterocycles. The molecular formula is C16H21NO4. The molecule has 1 aromatic carbocycles. The molecule has 0 aliphatic heterocycles. The molecule has 2 aromatic rings. The number of ether oxygens (including phenoxy) is 3. The highest BCUT2D eigenvalue weighted by atomic mass is 16.5. The number of aryl methyl sites for hydroxylation is 2. The van der Waals surface area contributed by atoms with Crippen LogP contribution >= 0.6 is 0 Å². The highest BCUT2D eigenvalue weighted by molar-refractivity contribution is 5.55. The maximum Gasteiger partial charge on any atom is 0.203 e. The quantitative estimate of drug-likeness (QED) is 0.917. The molecule has 1 atom stereocenters. The number of furan rings is 1. The van der Waals surface area contributed by atoms with Gasteiger partial charge in [-0.3, -0.25) is 0 Å². The van der Waals surface area contributed by atoms with Gasteiger partial charge in [-0.25, -0.2) is 0 Å². The Bertz CT molecular complexity index is 608. The van der Waals surface area contributed by atoms with Crippen LogP contribution < -0.4 is 19.9 Å². The van der Waals surface area contributed by atoms with Gasteiger partial charge in [-0.2, -0.15) is 0 Å². The third kappa shape index (κ3) is 2.83. The molecule has 0 bridgehead atoms. The molecular weight excluding hydrogens is 270 g/mol. The van der Waals surface area contributed by atoms with Gasteiger partial charge in [0.05, 0.1) is 27.4 Å². The Hall–Kier alpha value is -2.14. The molecule has 1 heterocycles. The van der Waals surface area contributed by atoms with Crippen LogP contribution in [-0.2, 0) is 0 Å². The molecule has 0 amide bonds. The lowest BCUT2D eigenvalue weighted by Crippen LogP contribution is -2.12. The predicted molar refractivity (Wildman–Crippen MR) is 80.3 cm³/mol. The maximum atomic E-state index is 6.36. The van der Waals surface area contributed by atoms with E-state index in [2.05, 4.69) is 0 Å². The van der Waals surface area contributed by atoms with Crippen LogP contribution in [0.3, 0.4) is 0 Å². The number of hydrogen-bond donors (Lipinski definition) is 1. The zero-order valence-electron chi connectivity index (χ0n) is 13.0. The van der Waals surface area contributed by atoms with Gasteiger partial charge in [0.2, 0.25) is 5.75 Å². The van der Waals surface area contributed by atoms with Crippen molar-refractivity contribution in [3.8, 4) is 17.2 Å². The first kappa shape index (κ1) is 15.3. The molecule has 0 aliphatic carbocycles. The van der Waals surface area contributed by atoms with Crippen molar-refractivity contribution < 1.29 is 18.6 Å². The van der Waals surface area contributed by atoms with E-state index in [9.17, 15) is 0 Å². The fraction of sp³-hybridized carbons (Fsp3) is 0.375. The molecule has 0 radical (unpaired) electrons. The third-order valence-electron chi connectivity index (χ3n) is 3.46. The van der Waals surface area contributed by atoms with E-state index < -0.39 is 0 Å². The van der Waals surface area contributed by atoms with Crippen LogP contribution in [0.4, 0.5) is 0 Å². The van der Waals surface area contributed by atoms with Crippen molar-refractivity contribution in [2.24, 2.45) is 5.73 Å². The lowest BCUT2D eigenvalue weighted by atomic mass is 9.99. The molecule has 2 rings (SSSR count). The number of nitrogens with two attached hydrogens (primary N) is 1. The standard InChI is InChI=1S/C16H21NO4/c1-9-6-12(10(2)21-9)15(17)11-7-13(18-3)16(20-5)14(8-11)19-4/h6-8,15H,17H2,1-5H3. The second-order valence-electron chi connectivity index (χ2n) is 4.80. The average molecular weight is 291 g/mol. The summed E-state index contributed by atoms with van der Waals surface area (Å²) in [5, 5.41) is 0. The third-order valence-corrected chi connectivity index (χ3v) is 3.46. The Balaban J connectivity index is 2.51. The molecule has 0 aliphatic rings. The Morgan fingerprint density at radius 1 is 0.952 bits per heavy atom. The van der Waals surface area contributed by atoms with E-state index in [1.807, 2.05) is 32.0 Å². The van der Waals surface area contributed by atoms with Crippen molar-refractivity contribution in [3.05, 3.63) is 40.8 Å². The van der Waals surface area contributed by atoms with Crippen LogP contribution in [0.1, 0.15) is 28.7 Å². The summed E-state index contributed by atoms with van der Waals surface area (Å²) in [5.41, 5.74) is 8.17. The largest absolute Gasteiger partial charge is 0.493 e. The molecule has 114 valence electrons. The Morgan fingerprint density at radius 3 is 1.90 bits per heavy atom. The number of methoxy groups -OCH3 is 3. The molecule has 5 nitrogen and oxygen atoms in total. The lowest BCUT2D eigenvalue weighted by Gasteiger charge is -2.17. The summed E-state index contributed by atoms with van der Waals surface area (Å²) in [4.78, 5) is 0. The molecule has 2 N–H and O–H groups in total. The predicted octanol–water partition coefficient (Wildman–Crippen LogP) is 2.97. The normalized spacial score (nSPS) is 12.1. The van der Waals surface area contributed by atoms with Crippen molar-refractivity contribution in [2.45, 2.75) is 19.9 Å². The second-order valence-corrected chi connectivity index (χ2v) is 4.80. The zero-order chi connectivity index (χ0) is 15.6. The summed E-state index contributed by atoms with van der Waals surface area (Å²) < 4.78 is 21.6. The second kappa shape index (κ2) is 6.10. The van der Waals surface area contributed by atoms with E-state index in [0.29, 0.717) is 17.2 Å². The van der Waals surface area contributed by atoms with Crippen LogP contribution in [-0.4, -0.2) is 21.3 Å². The van der Waals surface area contributed by atoms with Crippen molar-refractivity contribution in [2.75, 3.05) is 21.3 Å². The van der Waals surface area contributed by atoms with E-state index in [1.165, 1.54) is 0 Å². The highest BCUT2D eigenvalue weighted by Crippen LogP contribution is 2.40. The first-order valence-electron chi connectivity index (χ1n) is 6.64. The monoisotopic (exact) mass is 291 g/mol. The van der Waals surface area contributed by atoms with E-state index >= 15 is 0 Å². The fourth-order valence-corrected chi connectivity index (χ4v) is 2.42. The van der Waals surface area contributed by atoms with Gasteiger partial charge in [0, 0.05) is 5.56 Å². The minimum atomic E-state index is -0.323. The van der Waals surface area contributed by atoms with Gasteiger partial charge in [0.25, 0.3) is 0 Å². The first-order chi connectivity index (χ1) is 10.0. The minimum Gasteiger partial charge on any atom is -0.493 e. The summed E-state index contributed by atoms with van der Waals surface area (Å²) in [7, 11) is 4.74. The summed E-state index contributed by atoms with van der Waals surface area (Å²) in [6, 6.07) is 5.33. The van der Waals surface area contributed by atoms with E-state index in [4.69, 9.17) is 24.4 Å². The molecule has 1 aromatic heterocycles. The van der Waals surface area contributed by atoms with Crippen LogP contribution in [0.2, 0.25) is 0 Å². The van der Waals surface area contributed by atoms with Crippen molar-refractivity contribution >= 4 is 0 Å². The molecule has 0 spiro atoms. The number of rotatable bonds is 5. The highest BCUT2D eigenvalue weighted by Gasteiger charge is 2.20. The topological polar surface area (TPSA) is 66.9 Å². The number of hydrogen-bond acceptors (Lipinski definition) is 5. The van der Waals surface area contributed by atoms with Gasteiger partial charge < -0.3 is 24.4 Å². The maximum absolute atomic E-state index is 6.36. The minimum absolute atomic E-state index is 0.323. The summed E-state index contributed by atoms with van der Waals surface area (Å²) in [5.74, 6) is 3.37. The lowest BCUT2D eigenvalue weighted by molar-refractivity contribution is 0.323. The van der Waals surface area contributed by atoms with Gasteiger partial charge in [0.15, 0.2) is 11.5 Å². The van der Waals surface area contributed by atoms with Gasteiger partial charge in [-0.15, -0.1) is 0 Å². The molecule has 0 fully saturated rings. The zero-order valence-corrected chi connectivity index (χ0v) is 13.0. The van der Waals surface area contributed by atoms with Crippen molar-refractivity contribution in [3.63, 3.8) is 0 Å². The van der Waals surface area contributed by atoms with Crippen molar-refractivity contribution in [1.82, 2.24) is 0 Å². The van der Waals surface area contributed by atoms with E-state index in [1.54, 1.807) is 21.3 Å². The van der Waals surface area contributed by atoms with Gasteiger partial charge in [0.1, 0.15) is 11.5 Å². The SMILES string of the molecule is COc1cc(C(N)c2cc(C)oc2C)cc(OC)c1OC. The number of benzene rings is 1. The van der Waals surface area contributed by atoms with Gasteiger partial charge in [-0.05, 0) is 37.6 Å². The van der Waals surface area contributed by atoms with Gasteiger partial charge in [-0.1, -0.05) is 0 Å². The fourth-order valence-electron chi connectivity index (χ4n) is 2.42. The van der Waals surface area contributed by atoms with Crippen LogP contribution in [0.15, 0.2) is 22.6 Å².